The first-order valence-corrected chi connectivity index (χ1v) is 13.0. The van der Waals surface area contributed by atoms with Gasteiger partial charge in [-0.15, -0.1) is 0 Å². The molecule has 0 aromatic heterocycles. The van der Waals surface area contributed by atoms with E-state index in [1.165, 1.54) is 0 Å². The Bertz CT molecular complexity index is 1050. The van der Waals surface area contributed by atoms with Gasteiger partial charge < -0.3 is 204 Å². The number of hydrogen-bond donors (Lipinski definition) is 40. The van der Waals surface area contributed by atoms with E-state index < -0.39 is 123 Å². The Labute approximate surface area is 460 Å². The monoisotopic (exact) mass is 1280 g/mol. The third-order valence-electron chi connectivity index (χ3n) is 0. The van der Waals surface area contributed by atoms with Gasteiger partial charge in [-0.1, -0.05) is 0 Å². The number of carbonyl (C=O) groups is 20. The molecule has 0 unspecified atom stereocenters. The molecule has 0 fully saturated rings. The van der Waals surface area contributed by atoms with E-state index in [0.29, 0.717) is 0 Å². The second-order valence-corrected chi connectivity index (χ2v) is 5.65. The van der Waals surface area contributed by atoms with Crippen LogP contribution < -0.4 is 0 Å². The third-order valence-corrected chi connectivity index (χ3v) is 0. The molecule has 81 heavy (non-hydrogen) atoms. The minimum absolute atomic E-state index is 0. The van der Waals surface area contributed by atoms with E-state index in [1.807, 2.05) is 0 Å². The summed E-state index contributed by atoms with van der Waals surface area (Å²) >= 11 is 0. The summed E-state index contributed by atoms with van der Waals surface area (Å²) in [4.78, 5) is 171. The molecular weight excluding hydrogens is 1240 g/mol. The molecule has 0 spiro atoms. The summed E-state index contributed by atoms with van der Waals surface area (Å²) in [5.74, 6) is 0. The van der Waals surface area contributed by atoms with Gasteiger partial charge in [0.15, 0.2) is 0 Å². The average molecular weight is 1280 g/mol. The van der Waals surface area contributed by atoms with E-state index in [2.05, 4.69) is 0 Å². The van der Waals surface area contributed by atoms with Gasteiger partial charge in [0, 0.05) is 0 Å². The van der Waals surface area contributed by atoms with Crippen molar-refractivity contribution < 1.29 is 300 Å². The van der Waals surface area contributed by atoms with Crippen molar-refractivity contribution in [2.45, 2.75) is 0 Å². The van der Waals surface area contributed by atoms with Gasteiger partial charge in [0.25, 0.3) is 0 Å². The zero-order valence-corrected chi connectivity index (χ0v) is 36.1. The zero-order chi connectivity index (χ0) is 71.5. The second kappa shape index (κ2) is 132. The number of carboxylic acid groups (broad SMARTS) is 40. The summed E-state index contributed by atoms with van der Waals surface area (Å²) < 4.78 is 0. The van der Waals surface area contributed by atoms with E-state index in [9.17, 15) is 0 Å². The molecule has 0 radical (unpaired) electrons. The average Bonchev–Trinajstić information content (AvgIpc) is 2.99. The fourth-order valence-corrected chi connectivity index (χ4v) is 0. The predicted molar refractivity (Wildman–Crippen MR) is 222 cm³/mol. The molecule has 484 valence electrons. The van der Waals surface area contributed by atoms with Crippen LogP contribution in [-0.4, -0.2) is 365 Å². The van der Waals surface area contributed by atoms with Crippen molar-refractivity contribution in [2.24, 2.45) is 0 Å². The molecule has 0 aromatic rings. The Morgan fingerprint density at radius 1 is 0.0864 bits per heavy atom. The summed E-state index contributed by atoms with van der Waals surface area (Å²) in [6.07, 6.45) is -36.7. The summed E-state index contributed by atoms with van der Waals surface area (Å²) in [5.41, 5.74) is 0. The Morgan fingerprint density at radius 3 is 0.0864 bits per heavy atom. The molecule has 0 bridgehead atoms. The van der Waals surface area contributed by atoms with Gasteiger partial charge in [0.1, 0.15) is 0 Å². The topological polar surface area (TPSA) is 1150 Å². The zero-order valence-electron chi connectivity index (χ0n) is 36.1. The molecule has 0 aromatic carbocycles. The fourth-order valence-electron chi connectivity index (χ4n) is 0. The molecule has 0 heterocycles. The normalized spacial score (nSPS) is 5.93. The SMILES string of the molecule is O=C(O)O.O=C(O)O.O=C(O)O.O=C(O)O.O=C(O)O.O=C(O)O.O=C(O)O.O=C(O)O.O=C(O)O.O=C(O)O.O=C(O)O.O=C(O)O.O=C(O)O.O=C(O)O.O=C(O)O.O=C(O)O.O=C(O)O.O=C(O)O.O=C(O)O.O=C(O)O.[CaH2]. The molecule has 0 atom stereocenters. The van der Waals surface area contributed by atoms with Crippen LogP contribution in [0.1, 0.15) is 0 Å². The van der Waals surface area contributed by atoms with Gasteiger partial charge in [-0.25, -0.2) is 95.9 Å². The van der Waals surface area contributed by atoms with Crippen LogP contribution in [0.4, 0.5) is 95.9 Å². The molecule has 0 aliphatic carbocycles. The molecule has 61 heteroatoms. The van der Waals surface area contributed by atoms with E-state index >= 15 is 0 Å². The molecule has 40 N–H and O–H groups in total. The van der Waals surface area contributed by atoms with Crippen molar-refractivity contribution in [2.75, 3.05) is 0 Å². The molecule has 0 saturated heterocycles. The van der Waals surface area contributed by atoms with Crippen LogP contribution in [0.5, 0.6) is 0 Å². The van der Waals surface area contributed by atoms with Crippen molar-refractivity contribution in [3.63, 3.8) is 0 Å². The van der Waals surface area contributed by atoms with E-state index in [1.54, 1.807) is 0 Å². The van der Waals surface area contributed by atoms with Gasteiger partial charge in [-0.3, -0.25) is 0 Å². The fraction of sp³-hybridized carbons (Fsp3) is 0. The van der Waals surface area contributed by atoms with Crippen LogP contribution in [-0.2, 0) is 0 Å². The van der Waals surface area contributed by atoms with Gasteiger partial charge >= 0.3 is 161 Å². The molecular formula is C20H42CaO60. The van der Waals surface area contributed by atoms with Crippen LogP contribution in [0.3, 0.4) is 0 Å². The first-order valence-electron chi connectivity index (χ1n) is 13.0. The van der Waals surface area contributed by atoms with Crippen molar-refractivity contribution in [3.8, 4) is 0 Å². The Kier molecular flexibility index (Phi) is 225. The molecule has 0 amide bonds. The van der Waals surface area contributed by atoms with Gasteiger partial charge in [-0.05, 0) is 0 Å². The summed E-state index contributed by atoms with van der Waals surface area (Å²) in [7, 11) is 0. The molecule has 0 rings (SSSR count). The standard InChI is InChI=1S/20CH2O3.Ca.2H/c20*2-1(3)4;;;/h20*(H2,2,3,4);;;. The molecule has 0 aliphatic heterocycles. The first-order chi connectivity index (χ1) is 34.6. The van der Waals surface area contributed by atoms with Crippen LogP contribution in [0, 0.1) is 0 Å². The van der Waals surface area contributed by atoms with Crippen molar-refractivity contribution >= 4 is 161 Å². The van der Waals surface area contributed by atoms with Crippen molar-refractivity contribution in [1.82, 2.24) is 0 Å². The first kappa shape index (κ1) is 138. The van der Waals surface area contributed by atoms with Crippen molar-refractivity contribution in [1.29, 1.82) is 0 Å². The molecule has 60 nitrogen and oxygen atoms in total. The minimum atomic E-state index is -1.83. The van der Waals surface area contributed by atoms with Crippen LogP contribution in [0.15, 0.2) is 0 Å². The van der Waals surface area contributed by atoms with E-state index in [0.717, 1.165) is 0 Å². The second-order valence-electron chi connectivity index (χ2n) is 5.65. The van der Waals surface area contributed by atoms with Gasteiger partial charge in [0.05, 0.1) is 0 Å². The van der Waals surface area contributed by atoms with E-state index in [4.69, 9.17) is 300 Å². The van der Waals surface area contributed by atoms with Crippen LogP contribution in [0.2, 0.25) is 0 Å². The van der Waals surface area contributed by atoms with Gasteiger partial charge in [-0.2, -0.15) is 0 Å². The maximum absolute atomic E-state index is 8.56. The Balaban J connectivity index is -0.0000000246. The summed E-state index contributed by atoms with van der Waals surface area (Å²) in [5, 5.41) is 279. The van der Waals surface area contributed by atoms with Crippen LogP contribution in [0.25, 0.3) is 0 Å². The molecule has 0 aliphatic rings. The predicted octanol–water partition coefficient (Wildman–Crippen LogP) is 3.53. The van der Waals surface area contributed by atoms with Crippen LogP contribution >= 0.6 is 0 Å². The maximum atomic E-state index is 8.56. The van der Waals surface area contributed by atoms with Gasteiger partial charge in [0.2, 0.25) is 0 Å². The van der Waals surface area contributed by atoms with E-state index in [-0.39, 0.29) is 37.7 Å². The number of rotatable bonds is 0. The van der Waals surface area contributed by atoms with Crippen molar-refractivity contribution in [3.05, 3.63) is 0 Å². The summed E-state index contributed by atoms with van der Waals surface area (Å²) in [6.45, 7) is 0. The molecule has 0 saturated carbocycles. The Hall–Kier alpha value is -13.3. The third kappa shape index (κ3) is 1570. The summed E-state index contributed by atoms with van der Waals surface area (Å²) in [6, 6.07) is 0. The Morgan fingerprint density at radius 2 is 0.0864 bits per heavy atom. The number of hydrogen-bond acceptors (Lipinski definition) is 20. The quantitative estimate of drug-likeness (QED) is 0.154.